The topological polar surface area (TPSA) is 37.0 Å². The van der Waals surface area contributed by atoms with E-state index in [2.05, 4.69) is 35.5 Å². The first-order valence-corrected chi connectivity index (χ1v) is 6.25. The Bertz CT molecular complexity index is 338. The molecule has 0 aromatic carbocycles. The zero-order valence-electron chi connectivity index (χ0n) is 10.2. The molecule has 1 aromatic rings. The predicted octanol–water partition coefficient (Wildman–Crippen LogP) is 3.11. The Labute approximate surface area is 97.7 Å². The molecule has 16 heavy (non-hydrogen) atoms. The van der Waals surface area contributed by atoms with Gasteiger partial charge in [-0.05, 0) is 31.7 Å². The van der Waals surface area contributed by atoms with Crippen LogP contribution in [-0.2, 0) is 0 Å². The van der Waals surface area contributed by atoms with Crippen LogP contribution in [0.4, 0.5) is 11.4 Å². The lowest BCUT2D eigenvalue weighted by atomic mass is 10.1. The van der Waals surface area contributed by atoms with Crippen molar-refractivity contribution in [1.29, 1.82) is 0 Å². The molecule has 2 rings (SSSR count). The average Bonchev–Trinajstić information content (AvgIpc) is 2.66. The van der Waals surface area contributed by atoms with E-state index in [9.17, 15) is 0 Å². The summed E-state index contributed by atoms with van der Waals surface area (Å²) < 4.78 is 0. The molecule has 1 aromatic heterocycles. The van der Waals surface area contributed by atoms with Gasteiger partial charge in [-0.25, -0.2) is 0 Å². The molecular formula is C13H21N3. The summed E-state index contributed by atoms with van der Waals surface area (Å²) in [7, 11) is 0. The van der Waals surface area contributed by atoms with Gasteiger partial charge in [-0.1, -0.05) is 13.3 Å². The fourth-order valence-electron chi connectivity index (χ4n) is 2.39. The maximum atomic E-state index is 4.25. The monoisotopic (exact) mass is 219 g/mol. The summed E-state index contributed by atoms with van der Waals surface area (Å²) in [5.74, 6) is 0.780. The summed E-state index contributed by atoms with van der Waals surface area (Å²) in [6.07, 6.45) is 7.75. The normalized spacial score (nSPS) is 24.4. The molecule has 0 bridgehead atoms. The molecule has 1 saturated carbocycles. The van der Waals surface area contributed by atoms with Crippen molar-refractivity contribution in [2.24, 2.45) is 5.92 Å². The highest BCUT2D eigenvalue weighted by molar-refractivity contribution is 5.54. The van der Waals surface area contributed by atoms with Gasteiger partial charge < -0.3 is 10.6 Å². The van der Waals surface area contributed by atoms with E-state index >= 15 is 0 Å². The van der Waals surface area contributed by atoms with E-state index in [1.807, 2.05) is 12.4 Å². The van der Waals surface area contributed by atoms with Crippen molar-refractivity contribution in [3.05, 3.63) is 18.5 Å². The van der Waals surface area contributed by atoms with Crippen LogP contribution in [0.2, 0.25) is 0 Å². The lowest BCUT2D eigenvalue weighted by Crippen LogP contribution is -2.21. The number of nitrogens with one attached hydrogen (secondary N) is 2. The fourth-order valence-corrected chi connectivity index (χ4v) is 2.39. The lowest BCUT2D eigenvalue weighted by Gasteiger charge is -2.18. The molecule has 1 fully saturated rings. The van der Waals surface area contributed by atoms with E-state index in [1.54, 1.807) is 0 Å². The molecule has 88 valence electrons. The van der Waals surface area contributed by atoms with Gasteiger partial charge in [0.15, 0.2) is 0 Å². The first-order valence-electron chi connectivity index (χ1n) is 6.25. The molecule has 0 spiro atoms. The molecule has 2 unspecified atom stereocenters. The molecule has 1 heterocycles. The van der Waals surface area contributed by atoms with E-state index in [-0.39, 0.29) is 0 Å². The molecule has 1 aliphatic rings. The number of hydrogen-bond acceptors (Lipinski definition) is 3. The minimum absolute atomic E-state index is 0.624. The van der Waals surface area contributed by atoms with E-state index in [4.69, 9.17) is 0 Å². The Morgan fingerprint density at radius 2 is 2.12 bits per heavy atom. The van der Waals surface area contributed by atoms with Crippen molar-refractivity contribution in [2.45, 2.75) is 39.2 Å². The summed E-state index contributed by atoms with van der Waals surface area (Å²) in [6, 6.07) is 2.76. The van der Waals surface area contributed by atoms with Gasteiger partial charge >= 0.3 is 0 Å². The minimum atomic E-state index is 0.624. The van der Waals surface area contributed by atoms with E-state index in [1.165, 1.54) is 19.3 Å². The van der Waals surface area contributed by atoms with Crippen LogP contribution in [0.15, 0.2) is 18.5 Å². The smallest absolute Gasteiger partial charge is 0.0549 e. The number of pyridine rings is 1. The van der Waals surface area contributed by atoms with Gasteiger partial charge in [0.2, 0.25) is 0 Å². The second kappa shape index (κ2) is 5.19. The Morgan fingerprint density at radius 1 is 1.31 bits per heavy atom. The summed E-state index contributed by atoms with van der Waals surface area (Å²) in [4.78, 5) is 4.25. The molecule has 0 amide bonds. The van der Waals surface area contributed by atoms with Crippen LogP contribution in [-0.4, -0.2) is 17.6 Å². The standard InChI is InChI=1S/C13H21N3/c1-3-15-11-7-12(9-14-8-11)16-13-6-4-5-10(13)2/h7-10,13,15-16H,3-6H2,1-2H3. The predicted molar refractivity (Wildman–Crippen MR) is 68.8 cm³/mol. The summed E-state index contributed by atoms with van der Waals surface area (Å²) in [6.45, 7) is 5.36. The Kier molecular flexibility index (Phi) is 3.65. The van der Waals surface area contributed by atoms with Crippen LogP contribution < -0.4 is 10.6 Å². The Balaban J connectivity index is 2.00. The van der Waals surface area contributed by atoms with Gasteiger partial charge in [0.25, 0.3) is 0 Å². The molecule has 3 heteroatoms. The zero-order chi connectivity index (χ0) is 11.4. The summed E-state index contributed by atoms with van der Waals surface area (Å²) in [5.41, 5.74) is 2.23. The largest absolute Gasteiger partial charge is 0.384 e. The molecule has 3 nitrogen and oxygen atoms in total. The number of anilines is 2. The highest BCUT2D eigenvalue weighted by atomic mass is 15.0. The van der Waals surface area contributed by atoms with Crippen LogP contribution in [0.1, 0.15) is 33.1 Å². The molecule has 2 atom stereocenters. The van der Waals surface area contributed by atoms with Crippen molar-refractivity contribution in [3.8, 4) is 0 Å². The molecule has 2 N–H and O–H groups in total. The Hall–Kier alpha value is -1.25. The summed E-state index contributed by atoms with van der Waals surface area (Å²) >= 11 is 0. The average molecular weight is 219 g/mol. The van der Waals surface area contributed by atoms with Crippen molar-refractivity contribution < 1.29 is 0 Å². The third-order valence-electron chi connectivity index (χ3n) is 3.33. The maximum Gasteiger partial charge on any atom is 0.0549 e. The van der Waals surface area contributed by atoms with E-state index in [0.29, 0.717) is 6.04 Å². The van der Waals surface area contributed by atoms with E-state index < -0.39 is 0 Å². The second-order valence-corrected chi connectivity index (χ2v) is 4.65. The molecular weight excluding hydrogens is 198 g/mol. The molecule has 0 saturated heterocycles. The van der Waals surface area contributed by atoms with Gasteiger partial charge in [0.1, 0.15) is 0 Å². The van der Waals surface area contributed by atoms with Crippen LogP contribution in [0, 0.1) is 5.92 Å². The third-order valence-corrected chi connectivity index (χ3v) is 3.33. The number of aromatic nitrogens is 1. The fraction of sp³-hybridized carbons (Fsp3) is 0.615. The first-order chi connectivity index (χ1) is 7.79. The number of rotatable bonds is 4. The molecule has 0 aliphatic heterocycles. The van der Waals surface area contributed by atoms with Gasteiger partial charge in [0.05, 0.1) is 23.8 Å². The number of nitrogens with zero attached hydrogens (tertiary/aromatic N) is 1. The SMILES string of the molecule is CCNc1cncc(NC2CCCC2C)c1. The van der Waals surface area contributed by atoms with Crippen LogP contribution in [0.25, 0.3) is 0 Å². The molecule has 0 radical (unpaired) electrons. The number of hydrogen-bond donors (Lipinski definition) is 2. The highest BCUT2D eigenvalue weighted by Gasteiger charge is 2.22. The van der Waals surface area contributed by atoms with Crippen LogP contribution in [0.5, 0.6) is 0 Å². The van der Waals surface area contributed by atoms with Crippen molar-refractivity contribution in [3.63, 3.8) is 0 Å². The minimum Gasteiger partial charge on any atom is -0.384 e. The van der Waals surface area contributed by atoms with Crippen molar-refractivity contribution >= 4 is 11.4 Å². The van der Waals surface area contributed by atoms with Gasteiger partial charge in [-0.3, -0.25) is 4.98 Å². The second-order valence-electron chi connectivity index (χ2n) is 4.65. The van der Waals surface area contributed by atoms with Crippen LogP contribution >= 0.6 is 0 Å². The zero-order valence-corrected chi connectivity index (χ0v) is 10.2. The third kappa shape index (κ3) is 2.65. The van der Waals surface area contributed by atoms with Crippen molar-refractivity contribution in [1.82, 2.24) is 4.98 Å². The maximum absolute atomic E-state index is 4.25. The van der Waals surface area contributed by atoms with E-state index in [0.717, 1.165) is 23.8 Å². The van der Waals surface area contributed by atoms with Crippen LogP contribution in [0.3, 0.4) is 0 Å². The Morgan fingerprint density at radius 3 is 2.81 bits per heavy atom. The quantitative estimate of drug-likeness (QED) is 0.817. The summed E-state index contributed by atoms with van der Waals surface area (Å²) in [5, 5.41) is 6.87. The van der Waals surface area contributed by atoms with Gasteiger partial charge in [0, 0.05) is 12.6 Å². The van der Waals surface area contributed by atoms with Gasteiger partial charge in [-0.2, -0.15) is 0 Å². The lowest BCUT2D eigenvalue weighted by molar-refractivity contribution is 0.556. The van der Waals surface area contributed by atoms with Crippen molar-refractivity contribution in [2.75, 3.05) is 17.2 Å². The molecule has 1 aliphatic carbocycles. The first kappa shape index (κ1) is 11.2. The van der Waals surface area contributed by atoms with Gasteiger partial charge in [-0.15, -0.1) is 0 Å². The highest BCUT2D eigenvalue weighted by Crippen LogP contribution is 2.28.